The number of aromatic nitrogens is 2. The van der Waals surface area contributed by atoms with Gasteiger partial charge in [0.15, 0.2) is 5.69 Å². The lowest BCUT2D eigenvalue weighted by molar-refractivity contribution is 0.0686. The molecule has 0 radical (unpaired) electrons. The molecule has 0 bridgehead atoms. The molecule has 0 amide bonds. The Kier molecular flexibility index (Phi) is 4.67. The number of carboxylic acids is 1. The van der Waals surface area contributed by atoms with Crippen molar-refractivity contribution in [2.75, 3.05) is 0 Å². The van der Waals surface area contributed by atoms with E-state index in [4.69, 9.17) is 5.11 Å². The number of H-pyrrole nitrogens is 1. The molecule has 1 aliphatic carbocycles. The van der Waals surface area contributed by atoms with Crippen LogP contribution in [0.1, 0.15) is 55.2 Å². The zero-order valence-electron chi connectivity index (χ0n) is 12.2. The molecular formula is C13H21N3O4S. The summed E-state index contributed by atoms with van der Waals surface area (Å²) in [7, 11) is -3.90. The lowest BCUT2D eigenvalue weighted by Gasteiger charge is -2.28. The zero-order chi connectivity index (χ0) is 15.6. The second-order valence-corrected chi connectivity index (χ2v) is 7.29. The number of aryl methyl sites for hydroxylation is 1. The van der Waals surface area contributed by atoms with Crippen molar-refractivity contribution in [2.24, 2.45) is 5.92 Å². The maximum Gasteiger partial charge on any atom is 0.357 e. The molecule has 1 fully saturated rings. The van der Waals surface area contributed by atoms with Gasteiger partial charge < -0.3 is 5.11 Å². The van der Waals surface area contributed by atoms with Crippen LogP contribution < -0.4 is 4.72 Å². The van der Waals surface area contributed by atoms with Crippen LogP contribution in [0.3, 0.4) is 0 Å². The molecule has 7 nitrogen and oxygen atoms in total. The average molecular weight is 315 g/mol. The lowest BCUT2D eigenvalue weighted by Crippen LogP contribution is -2.39. The maximum atomic E-state index is 12.5. The molecule has 8 heteroatoms. The predicted molar refractivity (Wildman–Crippen MR) is 76.6 cm³/mol. The summed E-state index contributed by atoms with van der Waals surface area (Å²) in [5.41, 5.74) is -0.230. The molecule has 1 aromatic heterocycles. The minimum atomic E-state index is -3.90. The quantitative estimate of drug-likeness (QED) is 0.765. The SMILES string of the molecule is Cc1[nH]nc(C(=O)O)c1S(=O)(=O)N[C@H](C)C1CCCCC1. The number of rotatable bonds is 5. The van der Waals surface area contributed by atoms with Crippen LogP contribution in [-0.4, -0.2) is 35.7 Å². The number of carbonyl (C=O) groups is 1. The van der Waals surface area contributed by atoms with Crippen molar-refractivity contribution in [2.45, 2.75) is 56.9 Å². The molecule has 1 atom stereocenters. The summed E-state index contributed by atoms with van der Waals surface area (Å²) in [5.74, 6) is -1.06. The molecule has 3 N–H and O–H groups in total. The van der Waals surface area contributed by atoms with Crippen LogP contribution in [0.15, 0.2) is 4.90 Å². The number of aromatic amines is 1. The van der Waals surface area contributed by atoms with Gasteiger partial charge in [0.2, 0.25) is 10.0 Å². The average Bonchev–Trinajstić information content (AvgIpc) is 2.82. The van der Waals surface area contributed by atoms with Crippen LogP contribution in [0.5, 0.6) is 0 Å². The molecule has 118 valence electrons. The van der Waals surface area contributed by atoms with Crippen molar-refractivity contribution in [3.05, 3.63) is 11.4 Å². The van der Waals surface area contributed by atoms with Crippen LogP contribution in [0.25, 0.3) is 0 Å². The Labute approximate surface area is 124 Å². The van der Waals surface area contributed by atoms with Gasteiger partial charge in [-0.1, -0.05) is 19.3 Å². The van der Waals surface area contributed by atoms with Gasteiger partial charge in [-0.2, -0.15) is 5.10 Å². The van der Waals surface area contributed by atoms with Gasteiger partial charge in [0.1, 0.15) is 4.90 Å². The van der Waals surface area contributed by atoms with Crippen LogP contribution >= 0.6 is 0 Å². The van der Waals surface area contributed by atoms with E-state index in [9.17, 15) is 13.2 Å². The van der Waals surface area contributed by atoms with Crippen molar-refractivity contribution >= 4 is 16.0 Å². The third kappa shape index (κ3) is 3.44. The first-order valence-electron chi connectivity index (χ1n) is 7.13. The minimum Gasteiger partial charge on any atom is -0.476 e. The Bertz CT molecular complexity index is 617. The van der Waals surface area contributed by atoms with Crippen molar-refractivity contribution in [3.63, 3.8) is 0 Å². The van der Waals surface area contributed by atoms with Crippen LogP contribution in [0, 0.1) is 12.8 Å². The summed E-state index contributed by atoms with van der Waals surface area (Å²) in [4.78, 5) is 10.8. The Hall–Kier alpha value is -1.41. The Morgan fingerprint density at radius 2 is 2.00 bits per heavy atom. The van der Waals surface area contributed by atoms with Gasteiger partial charge in [-0.3, -0.25) is 5.10 Å². The number of aromatic carboxylic acids is 1. The van der Waals surface area contributed by atoms with Gasteiger partial charge in [0.05, 0.1) is 5.69 Å². The fourth-order valence-corrected chi connectivity index (χ4v) is 4.56. The highest BCUT2D eigenvalue weighted by Gasteiger charge is 2.31. The summed E-state index contributed by atoms with van der Waals surface area (Å²) in [5, 5.41) is 15.0. The molecule has 1 aromatic rings. The Balaban J connectivity index is 2.22. The van der Waals surface area contributed by atoms with Crippen molar-refractivity contribution in [1.29, 1.82) is 0 Å². The molecule has 21 heavy (non-hydrogen) atoms. The summed E-state index contributed by atoms with van der Waals surface area (Å²) in [6.45, 7) is 3.34. The number of nitrogens with zero attached hydrogens (tertiary/aromatic N) is 1. The van der Waals surface area contributed by atoms with Gasteiger partial charge in [-0.25, -0.2) is 17.9 Å². The first kappa shape index (κ1) is 16.0. The third-order valence-electron chi connectivity index (χ3n) is 4.06. The van der Waals surface area contributed by atoms with E-state index >= 15 is 0 Å². The highest BCUT2D eigenvalue weighted by Crippen LogP contribution is 2.27. The summed E-state index contributed by atoms with van der Waals surface area (Å²) >= 11 is 0. The fraction of sp³-hybridized carbons (Fsp3) is 0.692. The molecular weight excluding hydrogens is 294 g/mol. The molecule has 1 heterocycles. The number of hydrogen-bond donors (Lipinski definition) is 3. The van der Waals surface area contributed by atoms with E-state index in [0.717, 1.165) is 25.7 Å². The first-order valence-corrected chi connectivity index (χ1v) is 8.62. The van der Waals surface area contributed by atoms with Gasteiger partial charge in [0.25, 0.3) is 0 Å². The van der Waals surface area contributed by atoms with Crippen molar-refractivity contribution in [3.8, 4) is 0 Å². The van der Waals surface area contributed by atoms with Gasteiger partial charge in [-0.15, -0.1) is 0 Å². The van der Waals surface area contributed by atoms with Crippen LogP contribution in [-0.2, 0) is 10.0 Å². The van der Waals surface area contributed by atoms with Crippen molar-refractivity contribution in [1.82, 2.24) is 14.9 Å². The summed E-state index contributed by atoms with van der Waals surface area (Å²) in [6.07, 6.45) is 5.42. The molecule has 0 spiro atoms. The summed E-state index contributed by atoms with van der Waals surface area (Å²) < 4.78 is 27.5. The predicted octanol–water partition coefficient (Wildman–Crippen LogP) is 1.66. The van der Waals surface area contributed by atoms with E-state index in [1.807, 2.05) is 6.92 Å². The largest absolute Gasteiger partial charge is 0.476 e. The highest BCUT2D eigenvalue weighted by molar-refractivity contribution is 7.89. The lowest BCUT2D eigenvalue weighted by atomic mass is 9.85. The second-order valence-electron chi connectivity index (χ2n) is 5.64. The number of hydrogen-bond acceptors (Lipinski definition) is 4. The number of carboxylic acid groups (broad SMARTS) is 1. The standard InChI is InChI=1S/C13H21N3O4S/c1-8(10-6-4-3-5-7-10)16-21(19,20)12-9(2)14-15-11(12)13(17)18/h8,10,16H,3-7H2,1-2H3,(H,14,15)(H,17,18)/t8-/m1/s1. The van der Waals surface area contributed by atoms with Gasteiger partial charge >= 0.3 is 5.97 Å². The molecule has 0 unspecified atom stereocenters. The number of sulfonamides is 1. The van der Waals surface area contributed by atoms with Gasteiger partial charge in [-0.05, 0) is 32.6 Å². The molecule has 0 aliphatic heterocycles. The van der Waals surface area contributed by atoms with Gasteiger partial charge in [0, 0.05) is 6.04 Å². The molecule has 0 saturated heterocycles. The van der Waals surface area contributed by atoms with E-state index in [-0.39, 0.29) is 16.6 Å². The fourth-order valence-electron chi connectivity index (χ4n) is 2.93. The molecule has 0 aromatic carbocycles. The second kappa shape index (κ2) is 6.15. The molecule has 2 rings (SSSR count). The van der Waals surface area contributed by atoms with E-state index in [1.54, 1.807) is 0 Å². The Morgan fingerprint density at radius 1 is 1.38 bits per heavy atom. The monoisotopic (exact) mass is 315 g/mol. The summed E-state index contributed by atoms with van der Waals surface area (Å²) in [6, 6.07) is -0.216. The molecule has 1 saturated carbocycles. The Morgan fingerprint density at radius 3 is 2.57 bits per heavy atom. The zero-order valence-corrected chi connectivity index (χ0v) is 13.0. The van der Waals surface area contributed by atoms with Crippen molar-refractivity contribution < 1.29 is 18.3 Å². The minimum absolute atomic E-state index is 0.216. The third-order valence-corrected chi connectivity index (χ3v) is 5.78. The number of nitrogens with one attached hydrogen (secondary N) is 2. The van der Waals surface area contributed by atoms with E-state index in [2.05, 4.69) is 14.9 Å². The van der Waals surface area contributed by atoms with E-state index in [0.29, 0.717) is 5.92 Å². The molecule has 1 aliphatic rings. The maximum absolute atomic E-state index is 12.5. The van der Waals surface area contributed by atoms with E-state index < -0.39 is 21.7 Å². The normalized spacial score (nSPS) is 18.6. The van der Waals surface area contributed by atoms with E-state index in [1.165, 1.54) is 13.3 Å². The highest BCUT2D eigenvalue weighted by atomic mass is 32.2. The topological polar surface area (TPSA) is 112 Å². The first-order chi connectivity index (χ1) is 9.83. The van der Waals surface area contributed by atoms with Crippen LogP contribution in [0.2, 0.25) is 0 Å². The smallest absolute Gasteiger partial charge is 0.357 e. The van der Waals surface area contributed by atoms with Crippen LogP contribution in [0.4, 0.5) is 0 Å².